The molecule has 1 aliphatic heterocycles. The highest BCUT2D eigenvalue weighted by Gasteiger charge is 2.59. The summed E-state index contributed by atoms with van der Waals surface area (Å²) >= 11 is 0. The van der Waals surface area contributed by atoms with Crippen molar-refractivity contribution in [3.05, 3.63) is 29.8 Å². The standard InChI is InChI=1S/C22H33NO3/c1-26-19-9-7-17(8-10-19)15-20-22(25)12-3-2-11-21(22,24)13-14-23(20)16-18-5-4-6-18/h7-10,18,20,24-25H,2-6,11-16H2,1H3/t20?,21?,22-/m0/s1. The zero-order valence-electron chi connectivity index (χ0n) is 16.0. The molecule has 2 N–H and O–H groups in total. The molecule has 1 aromatic rings. The molecule has 3 aliphatic rings. The Hall–Kier alpha value is -1.10. The molecule has 144 valence electrons. The molecule has 0 radical (unpaired) electrons. The topological polar surface area (TPSA) is 52.9 Å². The first-order valence-electron chi connectivity index (χ1n) is 10.4. The van der Waals surface area contributed by atoms with Crippen LogP contribution in [0.3, 0.4) is 0 Å². The fraction of sp³-hybridized carbons (Fsp3) is 0.727. The number of nitrogens with zero attached hydrogens (tertiary/aromatic N) is 1. The first-order valence-corrected chi connectivity index (χ1v) is 10.4. The second-order valence-electron chi connectivity index (χ2n) is 8.77. The molecule has 1 heterocycles. The first kappa shape index (κ1) is 18.3. The summed E-state index contributed by atoms with van der Waals surface area (Å²) in [7, 11) is 1.68. The number of hydrogen-bond acceptors (Lipinski definition) is 4. The van der Waals surface area contributed by atoms with E-state index in [9.17, 15) is 10.2 Å². The largest absolute Gasteiger partial charge is 0.497 e. The number of benzene rings is 1. The molecule has 2 unspecified atom stereocenters. The van der Waals surface area contributed by atoms with Crippen molar-refractivity contribution in [2.45, 2.75) is 75.0 Å². The minimum absolute atomic E-state index is 0.00413. The van der Waals surface area contributed by atoms with Crippen molar-refractivity contribution in [1.82, 2.24) is 4.90 Å². The SMILES string of the molecule is COc1ccc(CC2N(CC3CCC3)CCC3(O)CCCC[C@]23O)cc1. The van der Waals surface area contributed by atoms with Gasteiger partial charge in [0.05, 0.1) is 12.7 Å². The summed E-state index contributed by atoms with van der Waals surface area (Å²) < 4.78 is 5.28. The molecule has 0 aromatic heterocycles. The number of aliphatic hydroxyl groups is 2. The van der Waals surface area contributed by atoms with Crippen molar-refractivity contribution < 1.29 is 14.9 Å². The van der Waals surface area contributed by atoms with Crippen LogP contribution in [-0.4, -0.2) is 52.6 Å². The summed E-state index contributed by atoms with van der Waals surface area (Å²) in [5.41, 5.74) is -0.705. The normalized spacial score (nSPS) is 35.6. The van der Waals surface area contributed by atoms with Gasteiger partial charge in [-0.25, -0.2) is 0 Å². The number of ether oxygens (including phenoxy) is 1. The number of likely N-dealkylation sites (tertiary alicyclic amines) is 1. The molecule has 0 bridgehead atoms. The summed E-state index contributed by atoms with van der Waals surface area (Å²) in [6.07, 6.45) is 8.95. The maximum Gasteiger partial charge on any atom is 0.118 e. The van der Waals surface area contributed by atoms with Gasteiger partial charge in [0, 0.05) is 19.1 Å². The zero-order valence-corrected chi connectivity index (χ0v) is 16.0. The number of fused-ring (bicyclic) bond motifs is 1. The highest BCUT2D eigenvalue weighted by Crippen LogP contribution is 2.47. The van der Waals surface area contributed by atoms with Crippen LogP contribution in [0.5, 0.6) is 5.75 Å². The molecule has 1 aromatic carbocycles. The van der Waals surface area contributed by atoms with Gasteiger partial charge < -0.3 is 14.9 Å². The Bertz CT molecular complexity index is 614. The average molecular weight is 360 g/mol. The molecule has 26 heavy (non-hydrogen) atoms. The van der Waals surface area contributed by atoms with Gasteiger partial charge in [0.15, 0.2) is 0 Å². The summed E-state index contributed by atoms with van der Waals surface area (Å²) in [6, 6.07) is 8.17. The number of rotatable bonds is 5. The van der Waals surface area contributed by atoms with Crippen LogP contribution >= 0.6 is 0 Å². The second-order valence-corrected chi connectivity index (χ2v) is 8.77. The lowest BCUT2D eigenvalue weighted by atomic mass is 9.62. The second kappa shape index (κ2) is 7.14. The van der Waals surface area contributed by atoms with Crippen molar-refractivity contribution in [3.8, 4) is 5.75 Å². The third-order valence-corrected chi connectivity index (χ3v) is 7.31. The molecule has 4 nitrogen and oxygen atoms in total. The predicted octanol–water partition coefficient (Wildman–Crippen LogP) is 3.15. The smallest absolute Gasteiger partial charge is 0.118 e. The minimum Gasteiger partial charge on any atom is -0.497 e. The van der Waals surface area contributed by atoms with Gasteiger partial charge in [0.2, 0.25) is 0 Å². The number of piperidine rings is 1. The van der Waals surface area contributed by atoms with Crippen molar-refractivity contribution >= 4 is 0 Å². The van der Waals surface area contributed by atoms with E-state index in [2.05, 4.69) is 17.0 Å². The van der Waals surface area contributed by atoms with Crippen molar-refractivity contribution in [2.24, 2.45) is 5.92 Å². The molecular weight excluding hydrogens is 326 g/mol. The quantitative estimate of drug-likeness (QED) is 0.848. The Morgan fingerprint density at radius 3 is 2.42 bits per heavy atom. The maximum atomic E-state index is 11.7. The van der Waals surface area contributed by atoms with Crippen LogP contribution in [0.1, 0.15) is 56.9 Å². The molecular formula is C22H33NO3. The Kier molecular flexibility index (Phi) is 5.02. The number of hydrogen-bond donors (Lipinski definition) is 2. The summed E-state index contributed by atoms with van der Waals surface area (Å²) in [6.45, 7) is 1.97. The molecule has 0 amide bonds. The fourth-order valence-corrected chi connectivity index (χ4v) is 5.37. The number of methoxy groups -OCH3 is 1. The molecule has 4 rings (SSSR count). The van der Waals surface area contributed by atoms with Crippen molar-refractivity contribution in [3.63, 3.8) is 0 Å². The Morgan fingerprint density at radius 1 is 1.04 bits per heavy atom. The lowest BCUT2D eigenvalue weighted by Gasteiger charge is -2.58. The summed E-state index contributed by atoms with van der Waals surface area (Å²) in [5, 5.41) is 23.0. The van der Waals surface area contributed by atoms with E-state index in [1.807, 2.05) is 12.1 Å². The summed E-state index contributed by atoms with van der Waals surface area (Å²) in [5.74, 6) is 1.63. The van der Waals surface area contributed by atoms with Gasteiger partial charge in [0.1, 0.15) is 11.4 Å². The van der Waals surface area contributed by atoms with Gasteiger partial charge in [-0.15, -0.1) is 0 Å². The Morgan fingerprint density at radius 2 is 1.77 bits per heavy atom. The zero-order chi connectivity index (χ0) is 18.2. The van der Waals surface area contributed by atoms with E-state index in [4.69, 9.17) is 4.74 Å². The van der Waals surface area contributed by atoms with Gasteiger partial charge in [-0.05, 0) is 62.1 Å². The average Bonchev–Trinajstić information content (AvgIpc) is 2.61. The monoisotopic (exact) mass is 359 g/mol. The summed E-state index contributed by atoms with van der Waals surface area (Å²) in [4.78, 5) is 2.49. The van der Waals surface area contributed by atoms with E-state index in [0.29, 0.717) is 12.8 Å². The lowest BCUT2D eigenvalue weighted by Crippen LogP contribution is -2.72. The van der Waals surface area contributed by atoms with Crippen LogP contribution < -0.4 is 4.74 Å². The van der Waals surface area contributed by atoms with Crippen molar-refractivity contribution in [2.75, 3.05) is 20.2 Å². The van der Waals surface area contributed by atoms with Gasteiger partial charge >= 0.3 is 0 Å². The van der Waals surface area contributed by atoms with Crippen LogP contribution in [0, 0.1) is 5.92 Å². The molecule has 4 heteroatoms. The van der Waals surface area contributed by atoms with E-state index in [0.717, 1.165) is 50.4 Å². The third-order valence-electron chi connectivity index (χ3n) is 7.31. The first-order chi connectivity index (χ1) is 12.5. The molecule has 2 aliphatic carbocycles. The minimum atomic E-state index is -0.993. The highest BCUT2D eigenvalue weighted by atomic mass is 16.5. The van der Waals surface area contributed by atoms with Crippen LogP contribution in [0.15, 0.2) is 24.3 Å². The van der Waals surface area contributed by atoms with Gasteiger partial charge in [0.25, 0.3) is 0 Å². The van der Waals surface area contributed by atoms with Gasteiger partial charge in [-0.2, -0.15) is 0 Å². The van der Waals surface area contributed by atoms with E-state index >= 15 is 0 Å². The molecule has 2 saturated carbocycles. The Balaban J connectivity index is 1.60. The van der Waals surface area contributed by atoms with Crippen LogP contribution in [-0.2, 0) is 6.42 Å². The molecule has 1 saturated heterocycles. The fourth-order valence-electron chi connectivity index (χ4n) is 5.37. The molecule has 0 spiro atoms. The van der Waals surface area contributed by atoms with Crippen LogP contribution in [0.4, 0.5) is 0 Å². The van der Waals surface area contributed by atoms with Crippen LogP contribution in [0.2, 0.25) is 0 Å². The van der Waals surface area contributed by atoms with Crippen LogP contribution in [0.25, 0.3) is 0 Å². The van der Waals surface area contributed by atoms with E-state index in [-0.39, 0.29) is 6.04 Å². The third kappa shape index (κ3) is 3.17. The predicted molar refractivity (Wildman–Crippen MR) is 102 cm³/mol. The molecule has 3 fully saturated rings. The van der Waals surface area contributed by atoms with E-state index in [1.54, 1.807) is 7.11 Å². The highest BCUT2D eigenvalue weighted by molar-refractivity contribution is 5.29. The van der Waals surface area contributed by atoms with E-state index in [1.165, 1.54) is 24.8 Å². The van der Waals surface area contributed by atoms with Gasteiger partial charge in [-0.1, -0.05) is 31.4 Å². The lowest BCUT2D eigenvalue weighted by molar-refractivity contribution is -0.236. The van der Waals surface area contributed by atoms with E-state index < -0.39 is 11.2 Å². The van der Waals surface area contributed by atoms with Gasteiger partial charge in [-0.3, -0.25) is 4.90 Å². The Labute approximate surface area is 157 Å². The maximum absolute atomic E-state index is 11.7. The molecule has 3 atom stereocenters. The van der Waals surface area contributed by atoms with Crippen molar-refractivity contribution in [1.29, 1.82) is 0 Å².